The lowest BCUT2D eigenvalue weighted by atomic mass is 10.1. The van der Waals surface area contributed by atoms with Crippen molar-refractivity contribution in [2.45, 2.75) is 45.1 Å². The van der Waals surface area contributed by atoms with Gasteiger partial charge in [-0.3, -0.25) is 9.69 Å². The Morgan fingerprint density at radius 3 is 2.89 bits per heavy atom. The van der Waals surface area contributed by atoms with Gasteiger partial charge in [0.05, 0.1) is 26.3 Å². The number of aromatic nitrogens is 5. The lowest BCUT2D eigenvalue weighted by Gasteiger charge is -2.22. The zero-order valence-electron chi connectivity index (χ0n) is 20.6. The van der Waals surface area contributed by atoms with E-state index in [-0.39, 0.29) is 18.5 Å². The Balaban J connectivity index is 1.29. The van der Waals surface area contributed by atoms with E-state index in [4.69, 9.17) is 18.9 Å². The van der Waals surface area contributed by atoms with Crippen molar-refractivity contribution in [3.8, 4) is 17.2 Å². The monoisotopic (exact) mass is 504 g/mol. The lowest BCUT2D eigenvalue weighted by molar-refractivity contribution is 0.0914. The molecule has 4 heterocycles. The highest BCUT2D eigenvalue weighted by Crippen LogP contribution is 2.33. The maximum absolute atomic E-state index is 13.0. The summed E-state index contributed by atoms with van der Waals surface area (Å²) in [7, 11) is 1.63. The van der Waals surface area contributed by atoms with Crippen molar-refractivity contribution in [1.82, 2.24) is 30.1 Å². The lowest BCUT2D eigenvalue weighted by Crippen LogP contribution is -2.29. The van der Waals surface area contributed by atoms with Crippen molar-refractivity contribution in [2.24, 2.45) is 0 Å². The van der Waals surface area contributed by atoms with Crippen molar-refractivity contribution in [2.75, 3.05) is 20.5 Å². The molecule has 2 aromatic heterocycles. The molecule has 2 aliphatic heterocycles. The molecule has 1 fully saturated rings. The van der Waals surface area contributed by atoms with Crippen LogP contribution in [0.25, 0.3) is 10.9 Å². The van der Waals surface area contributed by atoms with Gasteiger partial charge in [0.25, 0.3) is 5.56 Å². The quantitative estimate of drug-likeness (QED) is 0.367. The third-order valence-electron chi connectivity index (χ3n) is 6.74. The zero-order valence-corrected chi connectivity index (χ0v) is 20.6. The molecule has 0 saturated carbocycles. The number of nitrogens with one attached hydrogen (secondary N) is 1. The summed E-state index contributed by atoms with van der Waals surface area (Å²) in [6.07, 6.45) is 2.16. The van der Waals surface area contributed by atoms with Crippen LogP contribution in [0.15, 0.2) is 47.3 Å². The Morgan fingerprint density at radius 1 is 1.11 bits per heavy atom. The smallest absolute Gasteiger partial charge is 0.252 e. The molecule has 0 radical (unpaired) electrons. The number of tetrazole rings is 1. The number of rotatable bonds is 9. The maximum Gasteiger partial charge on any atom is 0.252 e. The predicted molar refractivity (Wildman–Crippen MR) is 133 cm³/mol. The first-order chi connectivity index (χ1) is 18.1. The van der Waals surface area contributed by atoms with E-state index in [1.807, 2.05) is 42.5 Å². The van der Waals surface area contributed by atoms with Crippen molar-refractivity contribution < 1.29 is 18.9 Å². The highest BCUT2D eigenvalue weighted by molar-refractivity contribution is 5.80. The Morgan fingerprint density at radius 2 is 2.03 bits per heavy atom. The molecule has 2 aromatic carbocycles. The molecular weight excluding hydrogens is 476 g/mol. The third kappa shape index (κ3) is 5.13. The summed E-state index contributed by atoms with van der Waals surface area (Å²) in [4.78, 5) is 18.2. The SMILES string of the molecule is COc1ccc2[nH]c(=O)c(CN(Cc3ccc4c(c3)OCO4)Cc3nnnn3C[C@@H]3CCCO3)cc2c1. The third-order valence-corrected chi connectivity index (χ3v) is 6.74. The molecule has 1 saturated heterocycles. The van der Waals surface area contributed by atoms with Gasteiger partial charge in [-0.25, -0.2) is 4.68 Å². The number of benzene rings is 2. The largest absolute Gasteiger partial charge is 0.497 e. The van der Waals surface area contributed by atoms with Crippen LogP contribution in [-0.2, 0) is 30.9 Å². The number of ether oxygens (including phenoxy) is 4. The number of methoxy groups -OCH3 is 1. The number of hydrogen-bond donors (Lipinski definition) is 1. The molecule has 1 N–H and O–H groups in total. The van der Waals surface area contributed by atoms with Gasteiger partial charge in [0.15, 0.2) is 17.3 Å². The number of hydrogen-bond acceptors (Lipinski definition) is 9. The maximum atomic E-state index is 13.0. The van der Waals surface area contributed by atoms with Gasteiger partial charge in [0.1, 0.15) is 5.75 Å². The van der Waals surface area contributed by atoms with E-state index in [0.29, 0.717) is 31.7 Å². The Bertz CT molecular complexity index is 1460. The number of H-pyrrole nitrogens is 1. The number of fused-ring (bicyclic) bond motifs is 2. The fourth-order valence-corrected chi connectivity index (χ4v) is 4.84. The number of aromatic amines is 1. The first kappa shape index (κ1) is 23.4. The summed E-state index contributed by atoms with van der Waals surface area (Å²) in [5.41, 5.74) is 2.30. The van der Waals surface area contributed by atoms with E-state index < -0.39 is 0 Å². The number of pyridine rings is 1. The molecule has 0 unspecified atom stereocenters. The first-order valence-corrected chi connectivity index (χ1v) is 12.3. The van der Waals surface area contributed by atoms with Gasteiger partial charge in [-0.15, -0.1) is 5.10 Å². The van der Waals surface area contributed by atoms with E-state index in [1.165, 1.54) is 0 Å². The van der Waals surface area contributed by atoms with Crippen LogP contribution in [0, 0.1) is 0 Å². The molecule has 0 aliphatic carbocycles. The van der Waals surface area contributed by atoms with Gasteiger partial charge in [0, 0.05) is 36.2 Å². The molecular formula is C26H28N6O5. The second-order valence-electron chi connectivity index (χ2n) is 9.32. The summed E-state index contributed by atoms with van der Waals surface area (Å²) in [5.74, 6) is 2.90. The van der Waals surface area contributed by atoms with E-state index >= 15 is 0 Å². The van der Waals surface area contributed by atoms with Gasteiger partial charge in [-0.2, -0.15) is 0 Å². The predicted octanol–water partition coefficient (Wildman–Crippen LogP) is 2.63. The molecule has 4 aromatic rings. The van der Waals surface area contributed by atoms with Crippen LogP contribution in [0.5, 0.6) is 17.2 Å². The Hall–Kier alpha value is -3.96. The van der Waals surface area contributed by atoms with Crippen LogP contribution in [0.4, 0.5) is 0 Å². The van der Waals surface area contributed by atoms with Crippen molar-refractivity contribution >= 4 is 10.9 Å². The second kappa shape index (κ2) is 10.2. The average Bonchev–Trinajstić information content (AvgIpc) is 3.67. The van der Waals surface area contributed by atoms with E-state index in [9.17, 15) is 4.79 Å². The van der Waals surface area contributed by atoms with Gasteiger partial charge in [0.2, 0.25) is 6.79 Å². The van der Waals surface area contributed by atoms with Crippen molar-refractivity contribution in [1.29, 1.82) is 0 Å². The molecule has 6 rings (SSSR count). The van der Waals surface area contributed by atoms with Crippen LogP contribution in [0.1, 0.15) is 29.8 Å². The molecule has 11 nitrogen and oxygen atoms in total. The molecule has 0 amide bonds. The summed E-state index contributed by atoms with van der Waals surface area (Å²) < 4.78 is 24.0. The molecule has 11 heteroatoms. The van der Waals surface area contributed by atoms with Gasteiger partial charge in [-0.05, 0) is 65.2 Å². The molecule has 1 atom stereocenters. The van der Waals surface area contributed by atoms with Crippen LogP contribution < -0.4 is 19.8 Å². The minimum absolute atomic E-state index is 0.114. The van der Waals surface area contributed by atoms with E-state index in [1.54, 1.807) is 11.8 Å². The van der Waals surface area contributed by atoms with Gasteiger partial charge in [-0.1, -0.05) is 6.07 Å². The first-order valence-electron chi connectivity index (χ1n) is 12.3. The Labute approximate surface area is 212 Å². The highest BCUT2D eigenvalue weighted by Gasteiger charge is 2.21. The van der Waals surface area contributed by atoms with Crippen molar-refractivity contribution in [3.63, 3.8) is 0 Å². The molecule has 37 heavy (non-hydrogen) atoms. The van der Waals surface area contributed by atoms with E-state index in [2.05, 4.69) is 25.4 Å². The normalized spacial score (nSPS) is 16.6. The summed E-state index contributed by atoms with van der Waals surface area (Å²) >= 11 is 0. The van der Waals surface area contributed by atoms with Crippen LogP contribution >= 0.6 is 0 Å². The minimum Gasteiger partial charge on any atom is -0.497 e. The fourth-order valence-electron chi connectivity index (χ4n) is 4.84. The molecule has 0 bridgehead atoms. The summed E-state index contributed by atoms with van der Waals surface area (Å²) in [5, 5.41) is 13.3. The van der Waals surface area contributed by atoms with Crippen molar-refractivity contribution in [3.05, 3.63) is 69.8 Å². The fraction of sp³-hybridized carbons (Fsp3) is 0.385. The van der Waals surface area contributed by atoms with Crippen LogP contribution in [0.3, 0.4) is 0 Å². The Kier molecular flexibility index (Phi) is 6.46. The van der Waals surface area contributed by atoms with Crippen LogP contribution in [-0.4, -0.2) is 56.7 Å². The molecule has 192 valence electrons. The summed E-state index contributed by atoms with van der Waals surface area (Å²) in [6, 6.07) is 13.4. The highest BCUT2D eigenvalue weighted by atomic mass is 16.7. The van der Waals surface area contributed by atoms with Gasteiger partial charge >= 0.3 is 0 Å². The topological polar surface area (TPSA) is 117 Å². The minimum atomic E-state index is -0.132. The standard InChI is InChI=1S/C26H28N6O5/c1-34-20-5-6-22-18(11-20)10-19(26(33)27-22)13-31(12-17-4-7-23-24(9-17)37-16-36-23)15-25-28-29-30-32(25)14-21-3-2-8-35-21/h4-7,9-11,21H,2-3,8,12-16H2,1H3,(H,27,33)/t21-/m0/s1. The van der Waals surface area contributed by atoms with E-state index in [0.717, 1.165) is 59.0 Å². The average molecular weight is 505 g/mol. The van der Waals surface area contributed by atoms with Gasteiger partial charge < -0.3 is 23.9 Å². The molecule has 0 spiro atoms. The second-order valence-corrected chi connectivity index (χ2v) is 9.32. The van der Waals surface area contributed by atoms with Crippen LogP contribution in [0.2, 0.25) is 0 Å². The molecule has 2 aliphatic rings. The summed E-state index contributed by atoms with van der Waals surface area (Å²) in [6.45, 7) is 2.99. The number of nitrogens with zero attached hydrogens (tertiary/aromatic N) is 5. The zero-order chi connectivity index (χ0) is 25.2.